The first-order valence-corrected chi connectivity index (χ1v) is 9.19. The maximum absolute atomic E-state index is 12.5. The number of hydrogen-bond donors (Lipinski definition) is 1. The number of cyclic esters (lactones) is 1. The first-order valence-electron chi connectivity index (χ1n) is 9.19. The number of ketones is 1. The normalized spacial score (nSPS) is 35.8. The number of Topliss-reactive ketones (excluding diaryl/α,β-unsaturated/α-hetero) is 1. The van der Waals surface area contributed by atoms with E-state index in [4.69, 9.17) is 9.47 Å². The first kappa shape index (κ1) is 17.8. The van der Waals surface area contributed by atoms with Gasteiger partial charge in [0.25, 0.3) is 0 Å². The maximum atomic E-state index is 12.5. The molecule has 3 heterocycles. The smallest absolute Gasteiger partial charge is 0.318 e. The zero-order valence-corrected chi connectivity index (χ0v) is 14.9. The minimum atomic E-state index is -0.754. The lowest BCUT2D eigenvalue weighted by Crippen LogP contribution is -2.57. The molecule has 0 aliphatic carbocycles. The Morgan fingerprint density at radius 3 is 2.67 bits per heavy atom. The van der Waals surface area contributed by atoms with Gasteiger partial charge >= 0.3 is 5.97 Å². The SMILES string of the molecule is CN1CCC[C@@]2(C)CCC(=O)C(CO2)C(=O)OCC12CCNCC2. The Bertz CT molecular complexity index is 489. The van der Waals surface area contributed by atoms with Gasteiger partial charge in [-0.15, -0.1) is 0 Å². The summed E-state index contributed by atoms with van der Waals surface area (Å²) in [4.78, 5) is 27.2. The van der Waals surface area contributed by atoms with Crippen LogP contribution in [0, 0.1) is 5.92 Å². The van der Waals surface area contributed by atoms with E-state index in [1.165, 1.54) is 0 Å². The van der Waals surface area contributed by atoms with E-state index in [0.29, 0.717) is 19.4 Å². The van der Waals surface area contributed by atoms with Crippen LogP contribution in [0.2, 0.25) is 0 Å². The highest BCUT2D eigenvalue weighted by Crippen LogP contribution is 2.32. The van der Waals surface area contributed by atoms with Gasteiger partial charge in [-0.3, -0.25) is 14.5 Å². The van der Waals surface area contributed by atoms with Crippen LogP contribution in [0.15, 0.2) is 0 Å². The van der Waals surface area contributed by atoms with E-state index in [9.17, 15) is 9.59 Å². The van der Waals surface area contributed by atoms with Gasteiger partial charge in [0.2, 0.25) is 0 Å². The molecule has 1 N–H and O–H groups in total. The Morgan fingerprint density at radius 2 is 1.92 bits per heavy atom. The van der Waals surface area contributed by atoms with Crippen molar-refractivity contribution in [1.29, 1.82) is 0 Å². The number of likely N-dealkylation sites (N-methyl/N-ethyl adjacent to an activating group) is 1. The molecular formula is C18H30N2O4. The van der Waals surface area contributed by atoms with Gasteiger partial charge in [-0.1, -0.05) is 0 Å². The minimum Gasteiger partial charge on any atom is -0.463 e. The van der Waals surface area contributed by atoms with Gasteiger partial charge in [0, 0.05) is 6.42 Å². The van der Waals surface area contributed by atoms with Crippen LogP contribution in [0.3, 0.4) is 0 Å². The van der Waals surface area contributed by atoms with Crippen molar-refractivity contribution in [1.82, 2.24) is 10.2 Å². The predicted molar refractivity (Wildman–Crippen MR) is 89.7 cm³/mol. The number of esters is 1. The minimum absolute atomic E-state index is 0.0318. The zero-order chi connectivity index (χ0) is 17.2. The van der Waals surface area contributed by atoms with E-state index in [-0.39, 0.29) is 23.5 Å². The molecule has 136 valence electrons. The van der Waals surface area contributed by atoms with Crippen LogP contribution in [0.25, 0.3) is 0 Å². The number of carbonyl (C=O) groups excluding carboxylic acids is 2. The highest BCUT2D eigenvalue weighted by atomic mass is 16.5. The van der Waals surface area contributed by atoms with Gasteiger partial charge in [-0.2, -0.15) is 0 Å². The molecule has 3 aliphatic heterocycles. The van der Waals surface area contributed by atoms with Crippen LogP contribution in [0.1, 0.15) is 45.4 Å². The number of hydrogen-bond acceptors (Lipinski definition) is 6. The Balaban J connectivity index is 1.82. The summed E-state index contributed by atoms with van der Waals surface area (Å²) >= 11 is 0. The molecule has 0 saturated carbocycles. The second-order valence-electron chi connectivity index (χ2n) is 7.89. The molecule has 0 amide bonds. The van der Waals surface area contributed by atoms with Gasteiger partial charge in [-0.25, -0.2) is 0 Å². The van der Waals surface area contributed by atoms with E-state index in [0.717, 1.165) is 45.3 Å². The first-order chi connectivity index (χ1) is 11.4. The summed E-state index contributed by atoms with van der Waals surface area (Å²) in [6.45, 7) is 5.42. The number of carbonyl (C=O) groups is 2. The van der Waals surface area contributed by atoms with Crippen LogP contribution < -0.4 is 5.32 Å². The summed E-state index contributed by atoms with van der Waals surface area (Å²) in [6, 6.07) is 0. The van der Waals surface area contributed by atoms with Crippen molar-refractivity contribution in [2.75, 3.05) is 39.9 Å². The monoisotopic (exact) mass is 338 g/mol. The molecule has 2 bridgehead atoms. The molecule has 0 aromatic rings. The van der Waals surface area contributed by atoms with Crippen LogP contribution in [0.4, 0.5) is 0 Å². The van der Waals surface area contributed by atoms with Crippen molar-refractivity contribution in [2.45, 2.75) is 56.6 Å². The highest BCUT2D eigenvalue weighted by Gasteiger charge is 2.42. The molecule has 3 rings (SSSR count). The molecule has 3 saturated heterocycles. The molecule has 0 aromatic heterocycles. The summed E-state index contributed by atoms with van der Waals surface area (Å²) in [5.41, 5.74) is -0.426. The van der Waals surface area contributed by atoms with Crippen molar-refractivity contribution >= 4 is 11.8 Å². The quantitative estimate of drug-likeness (QED) is 0.528. The van der Waals surface area contributed by atoms with Crippen LogP contribution >= 0.6 is 0 Å². The van der Waals surface area contributed by atoms with E-state index in [1.54, 1.807) is 0 Å². The number of ether oxygens (including phenoxy) is 2. The molecule has 6 nitrogen and oxygen atoms in total. The molecule has 0 radical (unpaired) electrons. The summed E-state index contributed by atoms with van der Waals surface area (Å²) in [5, 5.41) is 3.38. The van der Waals surface area contributed by atoms with Gasteiger partial charge in [0.05, 0.1) is 17.7 Å². The number of nitrogens with zero attached hydrogens (tertiary/aromatic N) is 1. The lowest BCUT2D eigenvalue weighted by Gasteiger charge is -2.45. The number of nitrogens with one attached hydrogen (secondary N) is 1. The lowest BCUT2D eigenvalue weighted by molar-refractivity contribution is -0.160. The zero-order valence-electron chi connectivity index (χ0n) is 14.9. The van der Waals surface area contributed by atoms with Crippen LogP contribution in [0.5, 0.6) is 0 Å². The second kappa shape index (κ2) is 7.10. The predicted octanol–water partition coefficient (Wildman–Crippen LogP) is 1.13. The standard InChI is InChI=1S/C18H30N2O4/c1-17-5-3-11-20(2)18(7-9-19-10-8-18)13-23-16(22)14(12-24-17)15(21)4-6-17/h14,19H,3-13H2,1-2H3/t14?,17-/m0/s1. The number of rotatable bonds is 0. The topological polar surface area (TPSA) is 67.9 Å². The molecule has 1 unspecified atom stereocenters. The summed E-state index contributed by atoms with van der Waals surface area (Å²) < 4.78 is 11.6. The molecule has 3 aliphatic rings. The van der Waals surface area contributed by atoms with E-state index in [2.05, 4.69) is 24.2 Å². The van der Waals surface area contributed by atoms with E-state index in [1.807, 2.05) is 0 Å². The van der Waals surface area contributed by atoms with Crippen molar-refractivity contribution in [3.8, 4) is 0 Å². The summed E-state index contributed by atoms with van der Waals surface area (Å²) in [6.07, 6.45) is 4.96. The molecule has 1 spiro atoms. The molecule has 0 aromatic carbocycles. The van der Waals surface area contributed by atoms with E-state index < -0.39 is 11.9 Å². The third kappa shape index (κ3) is 3.65. The third-order valence-electron chi connectivity index (χ3n) is 6.20. The fourth-order valence-corrected chi connectivity index (χ4v) is 4.17. The fraction of sp³-hybridized carbons (Fsp3) is 0.889. The average Bonchev–Trinajstić information content (AvgIpc) is 2.72. The maximum Gasteiger partial charge on any atom is 0.318 e. The highest BCUT2D eigenvalue weighted by molar-refractivity contribution is 5.99. The third-order valence-corrected chi connectivity index (χ3v) is 6.20. The Morgan fingerprint density at radius 1 is 1.17 bits per heavy atom. The van der Waals surface area contributed by atoms with E-state index >= 15 is 0 Å². The molecule has 2 atom stereocenters. The number of fused-ring (bicyclic) bond motifs is 3. The van der Waals surface area contributed by atoms with Crippen LogP contribution in [-0.2, 0) is 19.1 Å². The van der Waals surface area contributed by atoms with Crippen molar-refractivity contribution in [3.63, 3.8) is 0 Å². The number of piperidine rings is 1. The summed E-state index contributed by atoms with van der Waals surface area (Å²) in [7, 11) is 2.13. The average molecular weight is 338 g/mol. The molecule has 3 fully saturated rings. The molecule has 24 heavy (non-hydrogen) atoms. The Hall–Kier alpha value is -0.980. The second-order valence-corrected chi connectivity index (χ2v) is 7.89. The largest absolute Gasteiger partial charge is 0.463 e. The van der Waals surface area contributed by atoms with Gasteiger partial charge in [0.15, 0.2) is 0 Å². The van der Waals surface area contributed by atoms with Crippen molar-refractivity contribution in [3.05, 3.63) is 0 Å². The van der Waals surface area contributed by atoms with Crippen LogP contribution in [-0.4, -0.2) is 67.7 Å². The fourth-order valence-electron chi connectivity index (χ4n) is 4.17. The van der Waals surface area contributed by atoms with Gasteiger partial charge < -0.3 is 14.8 Å². The molecular weight excluding hydrogens is 308 g/mol. The van der Waals surface area contributed by atoms with Crippen molar-refractivity contribution < 1.29 is 19.1 Å². The Labute approximate surface area is 144 Å². The molecule has 6 heteroatoms. The summed E-state index contributed by atoms with van der Waals surface area (Å²) in [5.74, 6) is -1.19. The van der Waals surface area contributed by atoms with Crippen molar-refractivity contribution in [2.24, 2.45) is 5.92 Å². The Kier molecular flexibility index (Phi) is 5.27. The van der Waals surface area contributed by atoms with Gasteiger partial charge in [0.1, 0.15) is 18.3 Å². The van der Waals surface area contributed by atoms with Gasteiger partial charge in [-0.05, 0) is 65.7 Å². The lowest BCUT2D eigenvalue weighted by atomic mass is 9.86.